The summed E-state index contributed by atoms with van der Waals surface area (Å²) in [6.45, 7) is 11.6. The van der Waals surface area contributed by atoms with Crippen molar-refractivity contribution in [2.75, 3.05) is 26.2 Å². The Balaban J connectivity index is 2.47. The second-order valence-corrected chi connectivity index (χ2v) is 10.6. The summed E-state index contributed by atoms with van der Waals surface area (Å²) in [6.07, 6.45) is 0.0546. The molecule has 1 rings (SSSR count). The van der Waals surface area contributed by atoms with Crippen molar-refractivity contribution in [3.05, 3.63) is 0 Å². The minimum absolute atomic E-state index is 0.0320. The van der Waals surface area contributed by atoms with E-state index in [-0.39, 0.29) is 30.1 Å². The number of imide groups is 1. The van der Waals surface area contributed by atoms with Crippen molar-refractivity contribution < 1.29 is 33.6 Å². The Morgan fingerprint density at radius 3 is 1.89 bits per heavy atom. The smallest absolute Gasteiger partial charge is 0.243 e. The molecular formula is C25H42N6O7. The average molecular weight is 539 g/mol. The van der Waals surface area contributed by atoms with Gasteiger partial charge in [0.15, 0.2) is 0 Å². The van der Waals surface area contributed by atoms with Gasteiger partial charge in [-0.3, -0.25) is 38.5 Å². The largest absolute Gasteiger partial charge is 0.354 e. The third-order valence-corrected chi connectivity index (χ3v) is 5.98. The van der Waals surface area contributed by atoms with Crippen molar-refractivity contribution in [2.45, 2.75) is 67.0 Å². The molecule has 5 N–H and O–H groups in total. The molecule has 0 aliphatic carbocycles. The molecular weight excluding hydrogens is 496 g/mol. The summed E-state index contributed by atoms with van der Waals surface area (Å²) in [5, 5.41) is 12.5. The Morgan fingerprint density at radius 2 is 1.37 bits per heavy atom. The fraction of sp³-hybridized carbons (Fsp3) is 0.720. The fourth-order valence-electron chi connectivity index (χ4n) is 3.60. The van der Waals surface area contributed by atoms with Crippen LogP contribution in [0, 0.1) is 23.7 Å². The molecule has 214 valence electrons. The standard InChI is InChI=1S/C25H42N6O7/c1-13(2)9-28-23(36)16(7)29-24(37)22(15(5)6)30-19(33)11-26-18(32)10-27-20(34)12-31-21(35)8-17(14(3)4)25(31)38/h13-17,22H,8-12H2,1-7H3,(H,26,32)(H,27,34)(H,28,36)(H,29,37)(H,30,33)/t16-,17?,22-/m0/s1. The van der Waals surface area contributed by atoms with Crippen LogP contribution in [0.25, 0.3) is 0 Å². The summed E-state index contributed by atoms with van der Waals surface area (Å²) in [7, 11) is 0. The minimum Gasteiger partial charge on any atom is -0.354 e. The number of hydrogen-bond donors (Lipinski definition) is 5. The van der Waals surface area contributed by atoms with Gasteiger partial charge in [-0.15, -0.1) is 0 Å². The predicted octanol–water partition coefficient (Wildman–Crippen LogP) is -1.33. The topological polar surface area (TPSA) is 183 Å². The normalized spacial score (nSPS) is 16.9. The zero-order valence-electron chi connectivity index (χ0n) is 23.3. The van der Waals surface area contributed by atoms with E-state index in [0.29, 0.717) is 6.54 Å². The van der Waals surface area contributed by atoms with Crippen molar-refractivity contribution in [3.63, 3.8) is 0 Å². The molecule has 0 aromatic carbocycles. The van der Waals surface area contributed by atoms with E-state index in [1.807, 2.05) is 27.7 Å². The molecule has 13 nitrogen and oxygen atoms in total. The number of nitrogens with one attached hydrogen (secondary N) is 5. The fourth-order valence-corrected chi connectivity index (χ4v) is 3.60. The number of carbonyl (C=O) groups excluding carboxylic acids is 7. The van der Waals surface area contributed by atoms with Crippen LogP contribution >= 0.6 is 0 Å². The second-order valence-electron chi connectivity index (χ2n) is 10.6. The zero-order valence-corrected chi connectivity index (χ0v) is 23.3. The highest BCUT2D eigenvalue weighted by molar-refractivity contribution is 6.06. The maximum absolute atomic E-state index is 12.6. The predicted molar refractivity (Wildman–Crippen MR) is 138 cm³/mol. The van der Waals surface area contributed by atoms with Crippen molar-refractivity contribution in [1.29, 1.82) is 0 Å². The summed E-state index contributed by atoms with van der Waals surface area (Å²) in [6, 6.07) is -1.74. The van der Waals surface area contributed by atoms with E-state index in [1.54, 1.807) is 20.8 Å². The third-order valence-electron chi connectivity index (χ3n) is 5.98. The molecule has 1 saturated heterocycles. The molecule has 0 spiro atoms. The Bertz CT molecular complexity index is 918. The van der Waals surface area contributed by atoms with Crippen molar-refractivity contribution >= 4 is 41.4 Å². The summed E-state index contributed by atoms with van der Waals surface area (Å²) in [4.78, 5) is 86.5. The number of carbonyl (C=O) groups is 7. The van der Waals surface area contributed by atoms with Crippen molar-refractivity contribution in [2.24, 2.45) is 23.7 Å². The van der Waals surface area contributed by atoms with Gasteiger partial charge in [-0.1, -0.05) is 41.5 Å². The first-order valence-electron chi connectivity index (χ1n) is 12.9. The molecule has 38 heavy (non-hydrogen) atoms. The first-order valence-corrected chi connectivity index (χ1v) is 12.9. The Kier molecular flexibility index (Phi) is 12.9. The van der Waals surface area contributed by atoms with Crippen LogP contribution < -0.4 is 26.6 Å². The molecule has 0 aromatic heterocycles. The molecule has 1 fully saturated rings. The highest BCUT2D eigenvalue weighted by atomic mass is 16.2. The second kappa shape index (κ2) is 15.0. The summed E-state index contributed by atoms with van der Waals surface area (Å²) >= 11 is 0. The highest BCUT2D eigenvalue weighted by Crippen LogP contribution is 2.25. The lowest BCUT2D eigenvalue weighted by molar-refractivity contribution is -0.143. The molecule has 1 heterocycles. The molecule has 0 aromatic rings. The van der Waals surface area contributed by atoms with E-state index in [1.165, 1.54) is 0 Å². The van der Waals surface area contributed by atoms with Gasteiger partial charge in [0.1, 0.15) is 18.6 Å². The lowest BCUT2D eigenvalue weighted by Crippen LogP contribution is -2.56. The monoisotopic (exact) mass is 538 g/mol. The van der Waals surface area contributed by atoms with Crippen molar-refractivity contribution in [3.8, 4) is 0 Å². The third kappa shape index (κ3) is 10.5. The van der Waals surface area contributed by atoms with Gasteiger partial charge >= 0.3 is 0 Å². The van der Waals surface area contributed by atoms with Gasteiger partial charge in [0.25, 0.3) is 0 Å². The lowest BCUT2D eigenvalue weighted by Gasteiger charge is -2.24. The van der Waals surface area contributed by atoms with Gasteiger partial charge in [-0.25, -0.2) is 0 Å². The van der Waals surface area contributed by atoms with E-state index >= 15 is 0 Å². The molecule has 0 saturated carbocycles. The van der Waals surface area contributed by atoms with E-state index in [0.717, 1.165) is 4.90 Å². The summed E-state index contributed by atoms with van der Waals surface area (Å²) in [5.41, 5.74) is 0. The van der Waals surface area contributed by atoms with Crippen LogP contribution in [0.2, 0.25) is 0 Å². The van der Waals surface area contributed by atoms with Crippen LogP contribution in [0.15, 0.2) is 0 Å². The SMILES string of the molecule is CC(C)CNC(=O)[C@H](C)NC(=O)[C@@H](NC(=O)CNC(=O)CNC(=O)CN1C(=O)CC(C(C)C)C1=O)C(C)C. The summed E-state index contributed by atoms with van der Waals surface area (Å²) < 4.78 is 0. The molecule has 0 radical (unpaired) electrons. The molecule has 13 heteroatoms. The number of amides is 7. The van der Waals surface area contributed by atoms with Crippen LogP contribution in [-0.4, -0.2) is 84.5 Å². The van der Waals surface area contributed by atoms with Crippen LogP contribution in [0.1, 0.15) is 54.9 Å². The van der Waals surface area contributed by atoms with E-state index in [4.69, 9.17) is 0 Å². The van der Waals surface area contributed by atoms with Crippen LogP contribution in [0.3, 0.4) is 0 Å². The van der Waals surface area contributed by atoms with E-state index < -0.39 is 73.1 Å². The Labute approximate surface area is 223 Å². The maximum Gasteiger partial charge on any atom is 0.243 e. The first-order chi connectivity index (χ1) is 17.6. The van der Waals surface area contributed by atoms with Crippen LogP contribution in [-0.2, 0) is 33.6 Å². The summed E-state index contributed by atoms with van der Waals surface area (Å²) in [5.74, 6) is -4.24. The van der Waals surface area contributed by atoms with Gasteiger partial charge in [-0.05, 0) is 24.7 Å². The average Bonchev–Trinajstić information content (AvgIpc) is 3.11. The Morgan fingerprint density at radius 1 is 0.789 bits per heavy atom. The molecule has 1 aliphatic rings. The van der Waals surface area contributed by atoms with Gasteiger partial charge in [-0.2, -0.15) is 0 Å². The first kappa shape index (κ1) is 32.5. The molecule has 3 atom stereocenters. The van der Waals surface area contributed by atoms with E-state index in [9.17, 15) is 33.6 Å². The van der Waals surface area contributed by atoms with Gasteiger partial charge in [0.2, 0.25) is 41.4 Å². The molecule has 1 unspecified atom stereocenters. The van der Waals surface area contributed by atoms with Gasteiger partial charge < -0.3 is 26.6 Å². The zero-order chi connectivity index (χ0) is 29.2. The number of rotatable bonds is 14. The maximum atomic E-state index is 12.6. The van der Waals surface area contributed by atoms with Crippen LogP contribution in [0.4, 0.5) is 0 Å². The van der Waals surface area contributed by atoms with Crippen LogP contribution in [0.5, 0.6) is 0 Å². The Hall–Kier alpha value is -3.51. The van der Waals surface area contributed by atoms with Crippen molar-refractivity contribution in [1.82, 2.24) is 31.5 Å². The molecule has 0 bridgehead atoms. The quantitative estimate of drug-likeness (QED) is 0.170. The number of likely N-dealkylation sites (tertiary alicyclic amines) is 1. The van der Waals surface area contributed by atoms with Gasteiger partial charge in [0, 0.05) is 18.9 Å². The van der Waals surface area contributed by atoms with E-state index in [2.05, 4.69) is 26.6 Å². The lowest BCUT2D eigenvalue weighted by atomic mass is 9.94. The molecule has 7 amide bonds. The molecule has 1 aliphatic heterocycles. The number of nitrogens with zero attached hydrogens (tertiary/aromatic N) is 1. The highest BCUT2D eigenvalue weighted by Gasteiger charge is 2.40. The number of hydrogen-bond acceptors (Lipinski definition) is 7. The van der Waals surface area contributed by atoms with Gasteiger partial charge in [0.05, 0.1) is 13.1 Å². The minimum atomic E-state index is -0.940.